The lowest BCUT2D eigenvalue weighted by atomic mass is 9.97. The molecule has 3 nitrogen and oxygen atoms in total. The summed E-state index contributed by atoms with van der Waals surface area (Å²) in [7, 11) is 0. The summed E-state index contributed by atoms with van der Waals surface area (Å²) in [5.74, 6) is 0. The van der Waals surface area contributed by atoms with Crippen LogP contribution in [0.25, 0.3) is 44.5 Å². The van der Waals surface area contributed by atoms with Crippen LogP contribution in [0, 0.1) is 0 Å². The Labute approximate surface area is 252 Å². The van der Waals surface area contributed by atoms with Crippen LogP contribution >= 0.6 is 0 Å². The zero-order valence-corrected chi connectivity index (χ0v) is 25.0. The molecule has 0 bridgehead atoms. The molecule has 8 rings (SSSR count). The van der Waals surface area contributed by atoms with Gasteiger partial charge in [-0.1, -0.05) is 72.8 Å². The first-order valence-electron chi connectivity index (χ1n) is 15.3. The van der Waals surface area contributed by atoms with E-state index in [-0.39, 0.29) is 5.54 Å². The van der Waals surface area contributed by atoms with Crippen molar-refractivity contribution in [3.63, 3.8) is 0 Å². The van der Waals surface area contributed by atoms with Gasteiger partial charge in [-0.05, 0) is 94.3 Å². The Bertz CT molecular complexity index is 2160. The number of aromatic nitrogens is 2. The van der Waals surface area contributed by atoms with Crippen molar-refractivity contribution in [1.82, 2.24) is 9.13 Å². The summed E-state index contributed by atoms with van der Waals surface area (Å²) in [6.45, 7) is 6.87. The number of benzene rings is 5. The molecule has 0 radical (unpaired) electrons. The van der Waals surface area contributed by atoms with Crippen molar-refractivity contribution in [2.24, 2.45) is 0 Å². The highest BCUT2D eigenvalue weighted by Gasteiger charge is 2.26. The molecule has 0 aliphatic heterocycles. The summed E-state index contributed by atoms with van der Waals surface area (Å²) in [5, 5.41) is 3.89. The third-order valence-corrected chi connectivity index (χ3v) is 8.85. The van der Waals surface area contributed by atoms with Gasteiger partial charge in [-0.25, -0.2) is 0 Å². The van der Waals surface area contributed by atoms with E-state index in [1.165, 1.54) is 66.7 Å². The monoisotopic (exact) mass is 557 g/mol. The van der Waals surface area contributed by atoms with Gasteiger partial charge < -0.3 is 14.0 Å². The standard InChI is InChI=1S/C40H35N3/c1-40(2,3)43-38-21-13-11-19-33(38)35-27-31(23-25-39(35)43)41(28-14-6-4-7-15-28)30-22-24-37-34(26-30)32-18-10-12-20-36(32)42(37)29-16-8-5-9-17-29/h4-21,23,25-27H,22,24H2,1-3H3. The summed E-state index contributed by atoms with van der Waals surface area (Å²) in [5.41, 5.74) is 11.4. The number of para-hydroxylation sites is 4. The molecule has 43 heavy (non-hydrogen) atoms. The predicted octanol–water partition coefficient (Wildman–Crippen LogP) is 10.6. The van der Waals surface area contributed by atoms with Gasteiger partial charge in [-0.3, -0.25) is 0 Å². The van der Waals surface area contributed by atoms with Crippen LogP contribution in [0.2, 0.25) is 0 Å². The summed E-state index contributed by atoms with van der Waals surface area (Å²) in [4.78, 5) is 2.47. The van der Waals surface area contributed by atoms with E-state index in [9.17, 15) is 0 Å². The Morgan fingerprint density at radius 3 is 1.93 bits per heavy atom. The largest absolute Gasteiger partial charge is 0.335 e. The summed E-state index contributed by atoms with van der Waals surface area (Å²) in [6.07, 6.45) is 4.36. The first-order chi connectivity index (χ1) is 21.0. The average molecular weight is 558 g/mol. The molecule has 0 spiro atoms. The third kappa shape index (κ3) is 4.11. The number of hydrogen-bond donors (Lipinski definition) is 0. The second-order valence-corrected chi connectivity index (χ2v) is 12.6. The fourth-order valence-corrected chi connectivity index (χ4v) is 7.14. The Kier molecular flexibility index (Phi) is 5.84. The topological polar surface area (TPSA) is 13.1 Å². The zero-order valence-electron chi connectivity index (χ0n) is 25.0. The van der Waals surface area contributed by atoms with E-state index < -0.39 is 0 Å². The van der Waals surface area contributed by atoms with Gasteiger partial charge in [0.1, 0.15) is 0 Å². The number of fused-ring (bicyclic) bond motifs is 6. The van der Waals surface area contributed by atoms with E-state index in [2.05, 4.69) is 168 Å². The van der Waals surface area contributed by atoms with Crippen LogP contribution < -0.4 is 4.90 Å². The van der Waals surface area contributed by atoms with Crippen molar-refractivity contribution in [3.05, 3.63) is 144 Å². The minimum Gasteiger partial charge on any atom is -0.335 e. The number of allylic oxidation sites excluding steroid dienone is 1. The van der Waals surface area contributed by atoms with Crippen molar-refractivity contribution < 1.29 is 0 Å². The van der Waals surface area contributed by atoms with Crippen LogP contribution in [-0.4, -0.2) is 9.13 Å². The van der Waals surface area contributed by atoms with Gasteiger partial charge in [0, 0.05) is 66.7 Å². The fourth-order valence-electron chi connectivity index (χ4n) is 7.14. The normalized spacial score (nSPS) is 13.4. The van der Waals surface area contributed by atoms with Gasteiger partial charge in [-0.2, -0.15) is 0 Å². The van der Waals surface area contributed by atoms with E-state index >= 15 is 0 Å². The van der Waals surface area contributed by atoms with E-state index in [1.54, 1.807) is 0 Å². The van der Waals surface area contributed by atoms with Gasteiger partial charge in [0.15, 0.2) is 0 Å². The molecule has 0 saturated carbocycles. The molecule has 0 fully saturated rings. The van der Waals surface area contributed by atoms with Gasteiger partial charge >= 0.3 is 0 Å². The number of anilines is 2. The highest BCUT2D eigenvalue weighted by molar-refractivity contribution is 6.09. The van der Waals surface area contributed by atoms with Crippen LogP contribution in [0.15, 0.2) is 133 Å². The molecule has 1 aliphatic rings. The smallest absolute Gasteiger partial charge is 0.0537 e. The van der Waals surface area contributed by atoms with E-state index in [4.69, 9.17) is 0 Å². The third-order valence-electron chi connectivity index (χ3n) is 8.85. The number of rotatable bonds is 4. The predicted molar refractivity (Wildman–Crippen MR) is 183 cm³/mol. The first-order valence-corrected chi connectivity index (χ1v) is 15.3. The van der Waals surface area contributed by atoms with Crippen LogP contribution in [0.3, 0.4) is 0 Å². The quantitative estimate of drug-likeness (QED) is 0.210. The SMILES string of the molecule is CC(C)(C)n1c2ccccc2c2cc(N(C3=Cc4c(n(-c5ccccc5)c5ccccc45)CC3)c3ccccc3)ccc21. The van der Waals surface area contributed by atoms with E-state index in [1.807, 2.05) is 0 Å². The molecule has 0 N–H and O–H groups in total. The van der Waals surface area contributed by atoms with E-state index in [0.717, 1.165) is 12.8 Å². The lowest BCUT2D eigenvalue weighted by Gasteiger charge is -2.31. The summed E-state index contributed by atoms with van der Waals surface area (Å²) in [6, 6.07) is 46.3. The zero-order chi connectivity index (χ0) is 29.1. The first kappa shape index (κ1) is 25.7. The molecular formula is C40H35N3. The fraction of sp³-hybridized carbons (Fsp3) is 0.150. The minimum absolute atomic E-state index is 0.0305. The molecule has 0 saturated heterocycles. The van der Waals surface area contributed by atoms with Gasteiger partial charge in [-0.15, -0.1) is 0 Å². The summed E-state index contributed by atoms with van der Waals surface area (Å²) >= 11 is 0. The van der Waals surface area contributed by atoms with Gasteiger partial charge in [0.05, 0.1) is 5.52 Å². The maximum Gasteiger partial charge on any atom is 0.0537 e. The average Bonchev–Trinajstić information content (AvgIpc) is 3.55. The van der Waals surface area contributed by atoms with Crippen molar-refractivity contribution in [2.75, 3.05) is 4.90 Å². The Morgan fingerprint density at radius 2 is 1.19 bits per heavy atom. The van der Waals surface area contributed by atoms with Crippen LogP contribution in [0.5, 0.6) is 0 Å². The highest BCUT2D eigenvalue weighted by atomic mass is 15.2. The molecule has 7 aromatic rings. The molecule has 2 heterocycles. The number of hydrogen-bond acceptors (Lipinski definition) is 1. The van der Waals surface area contributed by atoms with E-state index in [0.29, 0.717) is 0 Å². The molecule has 0 atom stereocenters. The molecule has 3 heteroatoms. The molecule has 210 valence electrons. The molecular weight excluding hydrogens is 522 g/mol. The van der Waals surface area contributed by atoms with Crippen LogP contribution in [0.1, 0.15) is 38.4 Å². The second kappa shape index (κ2) is 9.78. The molecule has 0 unspecified atom stereocenters. The van der Waals surface area contributed by atoms with Gasteiger partial charge in [0.25, 0.3) is 0 Å². The van der Waals surface area contributed by atoms with Crippen molar-refractivity contribution in [2.45, 2.75) is 39.2 Å². The maximum atomic E-state index is 2.49. The molecule has 2 aromatic heterocycles. The van der Waals surface area contributed by atoms with Crippen molar-refractivity contribution in [3.8, 4) is 5.69 Å². The Morgan fingerprint density at radius 1 is 0.558 bits per heavy atom. The molecule has 1 aliphatic carbocycles. The Balaban J connectivity index is 1.35. The molecule has 0 amide bonds. The van der Waals surface area contributed by atoms with Crippen LogP contribution in [0.4, 0.5) is 11.4 Å². The lowest BCUT2D eigenvalue weighted by molar-refractivity contribution is 0.423. The Hall–Kier alpha value is -5.02. The minimum atomic E-state index is -0.0305. The number of nitrogens with zero attached hydrogens (tertiary/aromatic N) is 3. The maximum absolute atomic E-state index is 2.49. The second-order valence-electron chi connectivity index (χ2n) is 12.6. The van der Waals surface area contributed by atoms with Gasteiger partial charge in [0.2, 0.25) is 0 Å². The van der Waals surface area contributed by atoms with Crippen molar-refractivity contribution >= 4 is 50.2 Å². The summed E-state index contributed by atoms with van der Waals surface area (Å²) < 4.78 is 4.94. The molecule has 5 aromatic carbocycles. The lowest BCUT2D eigenvalue weighted by Crippen LogP contribution is -2.21. The van der Waals surface area contributed by atoms with Crippen LogP contribution in [-0.2, 0) is 12.0 Å². The highest BCUT2D eigenvalue weighted by Crippen LogP contribution is 2.42. The van der Waals surface area contributed by atoms with Crippen molar-refractivity contribution in [1.29, 1.82) is 0 Å².